The minimum absolute atomic E-state index is 0.463. The fraction of sp³-hybridized carbons (Fsp3) is 0.632. The lowest BCUT2D eigenvalue weighted by molar-refractivity contribution is 0.141. The van der Waals surface area contributed by atoms with E-state index in [2.05, 4.69) is 31.4 Å². The second-order valence-corrected chi connectivity index (χ2v) is 7.63. The Labute approximate surface area is 146 Å². The van der Waals surface area contributed by atoms with Crippen molar-refractivity contribution in [2.45, 2.75) is 58.9 Å². The predicted octanol–water partition coefficient (Wildman–Crippen LogP) is 4.98. The Hall–Kier alpha value is -1.29. The lowest BCUT2D eigenvalue weighted by Crippen LogP contribution is -2.41. The Kier molecular flexibility index (Phi) is 6.28. The minimum atomic E-state index is 0.463. The lowest BCUT2D eigenvalue weighted by atomic mass is 9.69. The first-order chi connectivity index (χ1) is 10.9. The molecule has 128 valence electrons. The normalized spacial score (nSPS) is 21.6. The van der Waals surface area contributed by atoms with Crippen molar-refractivity contribution in [1.29, 1.82) is 0 Å². The summed E-state index contributed by atoms with van der Waals surface area (Å²) in [6.07, 6.45) is 6.24. The van der Waals surface area contributed by atoms with E-state index in [-0.39, 0.29) is 0 Å². The van der Waals surface area contributed by atoms with Gasteiger partial charge in [0.1, 0.15) is 5.75 Å². The van der Waals surface area contributed by atoms with Gasteiger partial charge in [-0.05, 0) is 61.4 Å². The van der Waals surface area contributed by atoms with Crippen molar-refractivity contribution in [3.8, 4) is 5.75 Å². The average Bonchev–Trinajstić information content (AvgIpc) is 2.55. The molecule has 1 fully saturated rings. The van der Waals surface area contributed by atoms with E-state index in [9.17, 15) is 0 Å². The Morgan fingerprint density at radius 1 is 1.26 bits per heavy atom. The standard InChI is InChI=1S/C19H30N2OS/c1-5-19(2,3)14-9-11-15(12-10-14)20-18(23)21-16-7-6-8-17(13-16)22-4/h6-8,13-15H,5,9-12H2,1-4H3,(H2,20,21,23). The molecule has 1 aromatic carbocycles. The second-order valence-electron chi connectivity index (χ2n) is 7.22. The van der Waals surface area contributed by atoms with Crippen molar-refractivity contribution in [3.05, 3.63) is 24.3 Å². The fourth-order valence-electron chi connectivity index (χ4n) is 3.36. The van der Waals surface area contributed by atoms with Crippen molar-refractivity contribution in [2.24, 2.45) is 11.3 Å². The third kappa shape index (κ3) is 5.10. The lowest BCUT2D eigenvalue weighted by Gasteiger charge is -2.39. The van der Waals surface area contributed by atoms with Crippen LogP contribution in [0.5, 0.6) is 5.75 Å². The van der Waals surface area contributed by atoms with Gasteiger partial charge in [0.25, 0.3) is 0 Å². The maximum atomic E-state index is 5.46. The number of methoxy groups -OCH3 is 1. The van der Waals surface area contributed by atoms with Crippen LogP contribution in [0, 0.1) is 11.3 Å². The summed E-state index contributed by atoms with van der Waals surface area (Å²) in [7, 11) is 1.67. The quantitative estimate of drug-likeness (QED) is 0.744. The number of hydrogen-bond donors (Lipinski definition) is 2. The highest BCUT2D eigenvalue weighted by atomic mass is 32.1. The van der Waals surface area contributed by atoms with Gasteiger partial charge in [0.2, 0.25) is 0 Å². The van der Waals surface area contributed by atoms with Gasteiger partial charge in [0, 0.05) is 17.8 Å². The van der Waals surface area contributed by atoms with E-state index in [1.807, 2.05) is 24.3 Å². The van der Waals surface area contributed by atoms with E-state index in [4.69, 9.17) is 17.0 Å². The number of rotatable bonds is 5. The summed E-state index contributed by atoms with van der Waals surface area (Å²) in [4.78, 5) is 0. The van der Waals surface area contributed by atoms with Crippen molar-refractivity contribution < 1.29 is 4.74 Å². The van der Waals surface area contributed by atoms with Crippen molar-refractivity contribution in [1.82, 2.24) is 5.32 Å². The fourth-order valence-corrected chi connectivity index (χ4v) is 3.65. The topological polar surface area (TPSA) is 33.3 Å². The molecular weight excluding hydrogens is 304 g/mol. The van der Waals surface area contributed by atoms with Gasteiger partial charge in [-0.15, -0.1) is 0 Å². The molecule has 0 aromatic heterocycles. The highest BCUT2D eigenvalue weighted by Gasteiger charge is 2.31. The van der Waals surface area contributed by atoms with E-state index >= 15 is 0 Å². The molecule has 0 unspecified atom stereocenters. The van der Waals surface area contributed by atoms with Crippen LogP contribution < -0.4 is 15.4 Å². The van der Waals surface area contributed by atoms with Crippen LogP contribution >= 0.6 is 12.2 Å². The first-order valence-corrected chi connectivity index (χ1v) is 9.07. The Morgan fingerprint density at radius 3 is 2.57 bits per heavy atom. The summed E-state index contributed by atoms with van der Waals surface area (Å²) in [6, 6.07) is 8.33. The first-order valence-electron chi connectivity index (χ1n) is 8.66. The average molecular weight is 335 g/mol. The highest BCUT2D eigenvalue weighted by molar-refractivity contribution is 7.80. The zero-order valence-corrected chi connectivity index (χ0v) is 15.6. The Morgan fingerprint density at radius 2 is 1.96 bits per heavy atom. The molecule has 0 atom stereocenters. The van der Waals surface area contributed by atoms with E-state index in [1.165, 1.54) is 32.1 Å². The third-order valence-corrected chi connectivity index (χ3v) is 5.63. The molecule has 1 aliphatic carbocycles. The number of anilines is 1. The minimum Gasteiger partial charge on any atom is -0.497 e. The Bertz CT molecular complexity index is 522. The van der Waals surface area contributed by atoms with E-state index < -0.39 is 0 Å². The SMILES string of the molecule is CCC(C)(C)C1CCC(NC(=S)Nc2cccc(OC)c2)CC1. The van der Waals surface area contributed by atoms with Crippen LogP contribution in [0.25, 0.3) is 0 Å². The smallest absolute Gasteiger partial charge is 0.170 e. The molecule has 2 N–H and O–H groups in total. The number of nitrogens with one attached hydrogen (secondary N) is 2. The summed E-state index contributed by atoms with van der Waals surface area (Å²) in [5.41, 5.74) is 1.42. The van der Waals surface area contributed by atoms with Gasteiger partial charge >= 0.3 is 0 Å². The molecule has 4 heteroatoms. The van der Waals surface area contributed by atoms with Crippen LogP contribution in [-0.2, 0) is 0 Å². The van der Waals surface area contributed by atoms with Crippen LogP contribution in [0.2, 0.25) is 0 Å². The largest absolute Gasteiger partial charge is 0.497 e. The molecule has 1 aromatic rings. The van der Waals surface area contributed by atoms with Crippen LogP contribution in [0.3, 0.4) is 0 Å². The van der Waals surface area contributed by atoms with Crippen molar-refractivity contribution in [2.75, 3.05) is 12.4 Å². The second kappa shape index (κ2) is 8.00. The summed E-state index contributed by atoms with van der Waals surface area (Å²) in [6.45, 7) is 7.11. The maximum absolute atomic E-state index is 5.46. The zero-order chi connectivity index (χ0) is 16.9. The molecular formula is C19H30N2OS. The molecule has 0 heterocycles. The summed E-state index contributed by atoms with van der Waals surface area (Å²) in [5.74, 6) is 1.67. The number of thiocarbonyl (C=S) groups is 1. The molecule has 1 saturated carbocycles. The summed E-state index contributed by atoms with van der Waals surface area (Å²) in [5, 5.41) is 7.44. The third-order valence-electron chi connectivity index (χ3n) is 5.41. The molecule has 0 saturated heterocycles. The van der Waals surface area contributed by atoms with Crippen LogP contribution in [0.1, 0.15) is 52.9 Å². The van der Waals surface area contributed by atoms with Crippen LogP contribution in [0.4, 0.5) is 5.69 Å². The number of benzene rings is 1. The van der Waals surface area contributed by atoms with E-state index in [0.717, 1.165) is 17.4 Å². The molecule has 2 rings (SSSR count). The maximum Gasteiger partial charge on any atom is 0.170 e. The van der Waals surface area contributed by atoms with Crippen LogP contribution in [0.15, 0.2) is 24.3 Å². The molecule has 3 nitrogen and oxygen atoms in total. The number of hydrogen-bond acceptors (Lipinski definition) is 2. The monoisotopic (exact) mass is 334 g/mol. The summed E-state index contributed by atoms with van der Waals surface area (Å²) < 4.78 is 5.24. The van der Waals surface area contributed by atoms with E-state index in [0.29, 0.717) is 16.6 Å². The molecule has 0 aliphatic heterocycles. The zero-order valence-electron chi connectivity index (χ0n) is 14.8. The van der Waals surface area contributed by atoms with Crippen LogP contribution in [-0.4, -0.2) is 18.3 Å². The van der Waals surface area contributed by atoms with Crippen molar-refractivity contribution in [3.63, 3.8) is 0 Å². The molecule has 0 bridgehead atoms. The Balaban J connectivity index is 1.81. The number of ether oxygens (including phenoxy) is 1. The van der Waals surface area contributed by atoms with Gasteiger partial charge in [-0.25, -0.2) is 0 Å². The van der Waals surface area contributed by atoms with Gasteiger partial charge in [0.05, 0.1) is 7.11 Å². The van der Waals surface area contributed by atoms with Gasteiger partial charge in [-0.2, -0.15) is 0 Å². The van der Waals surface area contributed by atoms with Gasteiger partial charge in [0.15, 0.2) is 5.11 Å². The summed E-state index contributed by atoms with van der Waals surface area (Å²) >= 11 is 5.46. The van der Waals surface area contributed by atoms with Gasteiger partial charge < -0.3 is 15.4 Å². The van der Waals surface area contributed by atoms with E-state index in [1.54, 1.807) is 7.11 Å². The van der Waals surface area contributed by atoms with Gasteiger partial charge in [-0.3, -0.25) is 0 Å². The van der Waals surface area contributed by atoms with Gasteiger partial charge in [-0.1, -0.05) is 33.3 Å². The first kappa shape index (κ1) is 18.1. The predicted molar refractivity (Wildman–Crippen MR) is 102 cm³/mol. The van der Waals surface area contributed by atoms with Crippen molar-refractivity contribution >= 4 is 23.0 Å². The molecule has 0 spiro atoms. The molecule has 0 amide bonds. The molecule has 23 heavy (non-hydrogen) atoms. The highest BCUT2D eigenvalue weighted by Crippen LogP contribution is 2.40. The molecule has 0 radical (unpaired) electrons. The molecule has 1 aliphatic rings.